The highest BCUT2D eigenvalue weighted by molar-refractivity contribution is 7.89. The van der Waals surface area contributed by atoms with Gasteiger partial charge in [-0.25, -0.2) is 8.42 Å². The molecule has 2 aromatic carbocycles. The summed E-state index contributed by atoms with van der Waals surface area (Å²) in [6, 6.07) is 21.5. The van der Waals surface area contributed by atoms with Crippen molar-refractivity contribution in [1.82, 2.24) is 14.2 Å². The minimum absolute atomic E-state index is 0.372. The maximum atomic E-state index is 13.3. The maximum absolute atomic E-state index is 13.3. The van der Waals surface area contributed by atoms with E-state index in [1.165, 1.54) is 5.56 Å². The summed E-state index contributed by atoms with van der Waals surface area (Å²) in [6.45, 7) is 3.51. The van der Waals surface area contributed by atoms with Crippen molar-refractivity contribution >= 4 is 10.0 Å². The van der Waals surface area contributed by atoms with Crippen LogP contribution in [0.25, 0.3) is 0 Å². The molecule has 33 heavy (non-hydrogen) atoms. The number of nitrogens with zero attached hydrogens (tertiary/aromatic N) is 3. The van der Waals surface area contributed by atoms with Gasteiger partial charge in [-0.1, -0.05) is 42.5 Å². The maximum Gasteiger partial charge on any atom is 0.243 e. The smallest absolute Gasteiger partial charge is 0.243 e. The van der Waals surface area contributed by atoms with Gasteiger partial charge in [0.25, 0.3) is 0 Å². The topological polar surface area (TPSA) is 62.7 Å². The average molecular weight is 466 g/mol. The Morgan fingerprint density at radius 1 is 0.848 bits per heavy atom. The van der Waals surface area contributed by atoms with Crippen molar-refractivity contribution in [3.63, 3.8) is 0 Å². The molecule has 1 fully saturated rings. The summed E-state index contributed by atoms with van der Waals surface area (Å²) in [5.41, 5.74) is 3.23. The van der Waals surface area contributed by atoms with E-state index >= 15 is 0 Å². The van der Waals surface area contributed by atoms with Crippen LogP contribution in [-0.4, -0.2) is 62.4 Å². The molecule has 0 aliphatic carbocycles. The lowest BCUT2D eigenvalue weighted by molar-refractivity contribution is 0.190. The number of ether oxygens (including phenoxy) is 1. The SMILES string of the molecule is COc1ccnc(CCc2cccc(S(=O)(=O)N3CCN(CCc4ccccc4)CC3)c2)c1. The number of benzene rings is 2. The zero-order valence-corrected chi connectivity index (χ0v) is 19.9. The molecule has 2 heterocycles. The Labute approximate surface area is 196 Å². The molecule has 1 saturated heterocycles. The second-order valence-corrected chi connectivity index (χ2v) is 10.3. The highest BCUT2D eigenvalue weighted by Crippen LogP contribution is 2.20. The molecule has 0 N–H and O–H groups in total. The Morgan fingerprint density at radius 3 is 2.36 bits per heavy atom. The second kappa shape index (κ2) is 10.9. The van der Waals surface area contributed by atoms with Crippen LogP contribution in [0.4, 0.5) is 0 Å². The van der Waals surface area contributed by atoms with Gasteiger partial charge < -0.3 is 9.64 Å². The van der Waals surface area contributed by atoms with Crippen molar-refractivity contribution in [1.29, 1.82) is 0 Å². The molecule has 0 atom stereocenters. The lowest BCUT2D eigenvalue weighted by Gasteiger charge is -2.34. The van der Waals surface area contributed by atoms with Crippen LogP contribution in [0.5, 0.6) is 5.75 Å². The first-order chi connectivity index (χ1) is 16.0. The number of rotatable bonds is 9. The summed E-state index contributed by atoms with van der Waals surface area (Å²) in [5.74, 6) is 0.777. The van der Waals surface area contributed by atoms with Crippen LogP contribution in [0, 0.1) is 0 Å². The number of piperazine rings is 1. The van der Waals surface area contributed by atoms with Crippen molar-refractivity contribution < 1.29 is 13.2 Å². The van der Waals surface area contributed by atoms with E-state index in [2.05, 4.69) is 34.1 Å². The molecular weight excluding hydrogens is 434 g/mol. The van der Waals surface area contributed by atoms with Gasteiger partial charge in [0.2, 0.25) is 10.0 Å². The second-order valence-electron chi connectivity index (χ2n) is 8.32. The Morgan fingerprint density at radius 2 is 1.61 bits per heavy atom. The quantitative estimate of drug-likeness (QED) is 0.485. The van der Waals surface area contributed by atoms with E-state index in [9.17, 15) is 8.42 Å². The number of aromatic nitrogens is 1. The van der Waals surface area contributed by atoms with Gasteiger partial charge >= 0.3 is 0 Å². The Balaban J connectivity index is 1.33. The first-order valence-electron chi connectivity index (χ1n) is 11.4. The van der Waals surface area contributed by atoms with Crippen molar-refractivity contribution in [2.45, 2.75) is 24.2 Å². The highest BCUT2D eigenvalue weighted by Gasteiger charge is 2.28. The summed E-state index contributed by atoms with van der Waals surface area (Å²) in [6.07, 6.45) is 4.16. The van der Waals surface area contributed by atoms with Crippen molar-refractivity contribution in [2.75, 3.05) is 39.8 Å². The van der Waals surface area contributed by atoms with Crippen molar-refractivity contribution in [2.24, 2.45) is 0 Å². The van der Waals surface area contributed by atoms with Crippen LogP contribution in [-0.2, 0) is 29.3 Å². The van der Waals surface area contributed by atoms with E-state index in [4.69, 9.17) is 4.74 Å². The van der Waals surface area contributed by atoms with Crippen molar-refractivity contribution in [3.05, 3.63) is 89.7 Å². The monoisotopic (exact) mass is 465 g/mol. The molecule has 3 aromatic rings. The van der Waals surface area contributed by atoms with Crippen LogP contribution >= 0.6 is 0 Å². The molecular formula is C26H31N3O3S. The number of pyridine rings is 1. The Hall–Kier alpha value is -2.74. The fourth-order valence-corrected chi connectivity index (χ4v) is 5.62. The standard InChI is InChI=1S/C26H31N3O3S/c1-32-25-12-14-27-24(21-25)11-10-23-8-5-9-26(20-23)33(30,31)29-18-16-28(17-19-29)15-13-22-6-3-2-4-7-22/h2-9,12,14,20-21H,10-11,13,15-19H2,1H3. The van der Waals surface area contributed by atoms with E-state index in [1.807, 2.05) is 30.3 Å². The molecule has 0 saturated carbocycles. The minimum atomic E-state index is -3.50. The molecule has 4 rings (SSSR count). The third-order valence-electron chi connectivity index (χ3n) is 6.12. The molecule has 1 aliphatic rings. The van der Waals surface area contributed by atoms with Gasteiger partial charge in [-0.15, -0.1) is 0 Å². The summed E-state index contributed by atoms with van der Waals surface area (Å²) in [5, 5.41) is 0. The Bertz CT molecular complexity index is 1140. The molecule has 0 spiro atoms. The van der Waals surface area contributed by atoms with Gasteiger partial charge in [0, 0.05) is 50.7 Å². The highest BCUT2D eigenvalue weighted by atomic mass is 32.2. The fourth-order valence-electron chi connectivity index (χ4n) is 4.13. The molecule has 174 valence electrons. The summed E-state index contributed by atoms with van der Waals surface area (Å²) >= 11 is 0. The van der Waals surface area contributed by atoms with Crippen molar-refractivity contribution in [3.8, 4) is 5.75 Å². The number of methoxy groups -OCH3 is 1. The number of hydrogen-bond donors (Lipinski definition) is 0. The van der Waals surface area contributed by atoms with Gasteiger partial charge in [0.05, 0.1) is 12.0 Å². The van der Waals surface area contributed by atoms with Crippen LogP contribution in [0.2, 0.25) is 0 Å². The third kappa shape index (κ3) is 6.19. The number of sulfonamides is 1. The summed E-state index contributed by atoms with van der Waals surface area (Å²) in [4.78, 5) is 7.09. The van der Waals surface area contributed by atoms with E-state index in [1.54, 1.807) is 29.7 Å². The zero-order chi connectivity index (χ0) is 23.1. The molecule has 1 aromatic heterocycles. The molecule has 0 unspecified atom stereocenters. The van der Waals surface area contributed by atoms with Crippen LogP contribution in [0.3, 0.4) is 0 Å². The van der Waals surface area contributed by atoms with Gasteiger partial charge in [-0.05, 0) is 48.6 Å². The molecule has 1 aliphatic heterocycles. The van der Waals surface area contributed by atoms with Gasteiger partial charge in [-0.2, -0.15) is 4.31 Å². The van der Waals surface area contributed by atoms with Gasteiger partial charge in [0.1, 0.15) is 5.75 Å². The minimum Gasteiger partial charge on any atom is -0.497 e. The van der Waals surface area contributed by atoms with E-state index < -0.39 is 10.0 Å². The lowest BCUT2D eigenvalue weighted by atomic mass is 10.1. The number of hydrogen-bond acceptors (Lipinski definition) is 5. The molecule has 0 amide bonds. The van der Waals surface area contributed by atoms with Crippen LogP contribution < -0.4 is 4.74 Å². The molecule has 0 radical (unpaired) electrons. The van der Waals surface area contributed by atoms with Gasteiger partial charge in [0.15, 0.2) is 0 Å². The average Bonchev–Trinajstić information content (AvgIpc) is 2.87. The molecule has 0 bridgehead atoms. The van der Waals surface area contributed by atoms with E-state index in [0.29, 0.717) is 18.0 Å². The normalized spacial score (nSPS) is 15.4. The third-order valence-corrected chi connectivity index (χ3v) is 8.02. The van der Waals surface area contributed by atoms with Gasteiger partial charge in [-0.3, -0.25) is 4.98 Å². The summed E-state index contributed by atoms with van der Waals surface area (Å²) < 4.78 is 33.4. The first-order valence-corrected chi connectivity index (χ1v) is 12.8. The van der Waals surface area contributed by atoms with E-state index in [-0.39, 0.29) is 0 Å². The Kier molecular flexibility index (Phi) is 7.75. The fraction of sp³-hybridized carbons (Fsp3) is 0.346. The summed E-state index contributed by atoms with van der Waals surface area (Å²) in [7, 11) is -1.86. The number of aryl methyl sites for hydroxylation is 2. The van der Waals surface area contributed by atoms with E-state index in [0.717, 1.165) is 55.9 Å². The first kappa shape index (κ1) is 23.4. The lowest BCUT2D eigenvalue weighted by Crippen LogP contribution is -2.49. The molecule has 7 heteroatoms. The predicted octanol–water partition coefficient (Wildman–Crippen LogP) is 3.42. The molecule has 6 nitrogen and oxygen atoms in total. The largest absolute Gasteiger partial charge is 0.497 e. The predicted molar refractivity (Wildman–Crippen MR) is 130 cm³/mol. The zero-order valence-electron chi connectivity index (χ0n) is 19.1. The van der Waals surface area contributed by atoms with Crippen LogP contribution in [0.1, 0.15) is 16.8 Å². The van der Waals surface area contributed by atoms with Crippen LogP contribution in [0.15, 0.2) is 77.8 Å².